The van der Waals surface area contributed by atoms with Gasteiger partial charge >= 0.3 is 0 Å². The molecule has 0 spiro atoms. The van der Waals surface area contributed by atoms with Crippen molar-refractivity contribution < 1.29 is 0 Å². The maximum Gasteiger partial charge on any atom is 0.240 e. The van der Waals surface area contributed by atoms with Crippen LogP contribution in [0.5, 0.6) is 0 Å². The molecule has 0 radical (unpaired) electrons. The zero-order chi connectivity index (χ0) is 9.97. The van der Waals surface area contributed by atoms with Crippen LogP contribution in [0.25, 0.3) is 0 Å². The summed E-state index contributed by atoms with van der Waals surface area (Å²) in [7, 11) is 0. The number of rotatable bonds is 2. The maximum absolute atomic E-state index is 5.65. The van der Waals surface area contributed by atoms with Gasteiger partial charge < -0.3 is 16.9 Å². The molecule has 5 N–H and O–H groups in total. The molecular formula is C7H14N6S. The molecule has 2 heterocycles. The molecular weight excluding hydrogens is 200 g/mol. The minimum Gasteiger partial charge on any atom is -0.366 e. The Hall–Kier alpha value is -0.950. The molecule has 1 atom stereocenters. The van der Waals surface area contributed by atoms with E-state index in [1.165, 1.54) is 10.4 Å². The van der Waals surface area contributed by atoms with Crippen LogP contribution in [0.3, 0.4) is 0 Å². The number of anilines is 1. The standard InChI is InChI=1S/C7H14N6S/c8-7-12-11-6(13(7)9)3-5-4-14-2-1-10-5/h5,10H,1-4,9H2,(H2,8,12). The first-order valence-electron chi connectivity index (χ1n) is 4.53. The second kappa shape index (κ2) is 4.05. The van der Waals surface area contributed by atoms with Crippen molar-refractivity contribution in [1.82, 2.24) is 20.2 Å². The molecule has 1 fully saturated rings. The number of nitrogens with one attached hydrogen (secondary N) is 1. The Bertz CT molecular complexity index is 305. The van der Waals surface area contributed by atoms with Crippen molar-refractivity contribution >= 4 is 17.7 Å². The summed E-state index contributed by atoms with van der Waals surface area (Å²) in [5, 5.41) is 11.0. The van der Waals surface area contributed by atoms with Crippen LogP contribution in [0.2, 0.25) is 0 Å². The average Bonchev–Trinajstić information content (AvgIpc) is 2.52. The van der Waals surface area contributed by atoms with Crippen LogP contribution < -0.4 is 16.9 Å². The molecule has 1 aliphatic rings. The summed E-state index contributed by atoms with van der Waals surface area (Å²) < 4.78 is 1.35. The van der Waals surface area contributed by atoms with Crippen molar-refractivity contribution in [2.24, 2.45) is 0 Å². The van der Waals surface area contributed by atoms with Gasteiger partial charge in [0.15, 0.2) is 5.82 Å². The third kappa shape index (κ3) is 1.93. The fourth-order valence-electron chi connectivity index (χ4n) is 1.45. The molecule has 0 amide bonds. The van der Waals surface area contributed by atoms with Crippen molar-refractivity contribution in [2.75, 3.05) is 29.6 Å². The van der Waals surface area contributed by atoms with Gasteiger partial charge in [0.1, 0.15) is 0 Å². The highest BCUT2D eigenvalue weighted by molar-refractivity contribution is 7.99. The van der Waals surface area contributed by atoms with E-state index < -0.39 is 0 Å². The molecule has 0 aromatic carbocycles. The molecule has 6 nitrogen and oxygen atoms in total. The van der Waals surface area contributed by atoms with Gasteiger partial charge in [-0.05, 0) is 0 Å². The lowest BCUT2D eigenvalue weighted by Crippen LogP contribution is -2.39. The minimum atomic E-state index is 0.267. The van der Waals surface area contributed by atoms with Gasteiger partial charge in [0, 0.05) is 30.5 Å². The fourth-order valence-corrected chi connectivity index (χ4v) is 2.40. The second-order valence-corrected chi connectivity index (χ2v) is 4.42. The minimum absolute atomic E-state index is 0.267. The Morgan fingerprint density at radius 1 is 1.57 bits per heavy atom. The quantitative estimate of drug-likeness (QED) is 0.537. The van der Waals surface area contributed by atoms with E-state index in [4.69, 9.17) is 11.6 Å². The number of nitrogen functional groups attached to an aromatic ring is 2. The summed E-state index contributed by atoms with van der Waals surface area (Å²) in [4.78, 5) is 0. The predicted octanol–water partition coefficient (Wildman–Crippen LogP) is -1.18. The van der Waals surface area contributed by atoms with Crippen LogP contribution in [-0.4, -0.2) is 39.0 Å². The van der Waals surface area contributed by atoms with E-state index in [1.807, 2.05) is 11.8 Å². The summed E-state index contributed by atoms with van der Waals surface area (Å²) in [6, 6.07) is 0.430. The van der Waals surface area contributed by atoms with E-state index in [2.05, 4.69) is 15.5 Å². The number of nitrogens with zero attached hydrogens (tertiary/aromatic N) is 3. The number of hydrogen-bond donors (Lipinski definition) is 3. The second-order valence-electron chi connectivity index (χ2n) is 3.27. The fraction of sp³-hybridized carbons (Fsp3) is 0.714. The summed E-state index contributed by atoms with van der Waals surface area (Å²) in [6.07, 6.45) is 0.785. The van der Waals surface area contributed by atoms with Gasteiger partial charge in [0.05, 0.1) is 0 Å². The van der Waals surface area contributed by atoms with Crippen molar-refractivity contribution in [3.8, 4) is 0 Å². The van der Waals surface area contributed by atoms with Crippen LogP contribution in [0, 0.1) is 0 Å². The Morgan fingerprint density at radius 3 is 3.00 bits per heavy atom. The Morgan fingerprint density at radius 2 is 2.43 bits per heavy atom. The highest BCUT2D eigenvalue weighted by Gasteiger charge is 2.17. The SMILES string of the molecule is Nc1nnc(CC2CSCCN2)n1N. The van der Waals surface area contributed by atoms with Crippen LogP contribution >= 0.6 is 11.8 Å². The summed E-state index contributed by atoms with van der Waals surface area (Å²) in [6.45, 7) is 1.05. The van der Waals surface area contributed by atoms with Gasteiger partial charge in [-0.25, -0.2) is 4.68 Å². The number of hydrogen-bond acceptors (Lipinski definition) is 6. The summed E-state index contributed by atoms with van der Waals surface area (Å²) in [5.74, 6) is 8.92. The zero-order valence-corrected chi connectivity index (χ0v) is 8.63. The lowest BCUT2D eigenvalue weighted by atomic mass is 10.2. The van der Waals surface area contributed by atoms with Gasteiger partial charge in [-0.15, -0.1) is 10.2 Å². The van der Waals surface area contributed by atoms with E-state index >= 15 is 0 Å². The zero-order valence-electron chi connectivity index (χ0n) is 7.81. The first kappa shape index (κ1) is 9.60. The highest BCUT2D eigenvalue weighted by Crippen LogP contribution is 2.11. The van der Waals surface area contributed by atoms with E-state index in [0.29, 0.717) is 6.04 Å². The smallest absolute Gasteiger partial charge is 0.240 e. The number of nitrogens with two attached hydrogens (primary N) is 2. The summed E-state index contributed by atoms with van der Waals surface area (Å²) in [5.41, 5.74) is 5.48. The van der Waals surface area contributed by atoms with Crippen LogP contribution in [0.4, 0.5) is 5.95 Å². The molecule has 0 aliphatic carbocycles. The van der Waals surface area contributed by atoms with Gasteiger partial charge in [-0.3, -0.25) is 0 Å². The summed E-state index contributed by atoms with van der Waals surface area (Å²) >= 11 is 1.94. The first-order chi connectivity index (χ1) is 6.77. The average molecular weight is 214 g/mol. The van der Waals surface area contributed by atoms with Gasteiger partial charge in [0.25, 0.3) is 0 Å². The van der Waals surface area contributed by atoms with E-state index in [-0.39, 0.29) is 5.95 Å². The first-order valence-corrected chi connectivity index (χ1v) is 5.69. The molecule has 1 saturated heterocycles. The topological polar surface area (TPSA) is 94.8 Å². The Balaban J connectivity index is 1.99. The lowest BCUT2D eigenvalue weighted by Gasteiger charge is -2.22. The molecule has 0 saturated carbocycles. The van der Waals surface area contributed by atoms with Crippen molar-refractivity contribution in [2.45, 2.75) is 12.5 Å². The molecule has 1 unspecified atom stereocenters. The van der Waals surface area contributed by atoms with Crippen molar-refractivity contribution in [3.63, 3.8) is 0 Å². The Kier molecular flexibility index (Phi) is 2.78. The largest absolute Gasteiger partial charge is 0.366 e. The van der Waals surface area contributed by atoms with E-state index in [1.54, 1.807) is 0 Å². The maximum atomic E-state index is 5.65. The van der Waals surface area contributed by atoms with Gasteiger partial charge in [0.2, 0.25) is 5.95 Å². The Labute approximate surface area is 86.4 Å². The molecule has 1 aliphatic heterocycles. The molecule has 14 heavy (non-hydrogen) atoms. The molecule has 2 rings (SSSR count). The normalized spacial score (nSPS) is 22.4. The van der Waals surface area contributed by atoms with Crippen molar-refractivity contribution in [1.29, 1.82) is 0 Å². The van der Waals surface area contributed by atoms with Crippen LogP contribution in [-0.2, 0) is 6.42 Å². The van der Waals surface area contributed by atoms with E-state index in [9.17, 15) is 0 Å². The monoisotopic (exact) mass is 214 g/mol. The number of thioether (sulfide) groups is 1. The third-order valence-electron chi connectivity index (χ3n) is 2.22. The van der Waals surface area contributed by atoms with E-state index in [0.717, 1.165) is 24.5 Å². The van der Waals surface area contributed by atoms with Crippen LogP contribution in [0.1, 0.15) is 5.82 Å². The molecule has 7 heteroatoms. The molecule has 1 aromatic heterocycles. The predicted molar refractivity (Wildman–Crippen MR) is 57.4 cm³/mol. The third-order valence-corrected chi connectivity index (χ3v) is 3.35. The van der Waals surface area contributed by atoms with Crippen LogP contribution in [0.15, 0.2) is 0 Å². The molecule has 0 bridgehead atoms. The van der Waals surface area contributed by atoms with Gasteiger partial charge in [-0.2, -0.15) is 11.8 Å². The highest BCUT2D eigenvalue weighted by atomic mass is 32.2. The molecule has 1 aromatic rings. The number of aromatic nitrogens is 3. The van der Waals surface area contributed by atoms with Crippen molar-refractivity contribution in [3.05, 3.63) is 5.82 Å². The van der Waals surface area contributed by atoms with Gasteiger partial charge in [-0.1, -0.05) is 0 Å². The molecule has 78 valence electrons. The lowest BCUT2D eigenvalue weighted by molar-refractivity contribution is 0.544.